The summed E-state index contributed by atoms with van der Waals surface area (Å²) < 4.78 is 10.4. The highest BCUT2D eigenvalue weighted by Crippen LogP contribution is 2.41. The summed E-state index contributed by atoms with van der Waals surface area (Å²) in [6.07, 6.45) is 0.527. The molecule has 1 fully saturated rings. The molecule has 1 saturated heterocycles. The lowest BCUT2D eigenvalue weighted by Gasteiger charge is -2.25. The van der Waals surface area contributed by atoms with E-state index in [1.165, 1.54) is 17.0 Å². The molecule has 1 amide bonds. The summed E-state index contributed by atoms with van der Waals surface area (Å²) in [5.74, 6) is -1.01. The Morgan fingerprint density at radius 1 is 1.10 bits per heavy atom. The Kier molecular flexibility index (Phi) is 6.65. The van der Waals surface area contributed by atoms with Crippen LogP contribution in [0.1, 0.15) is 34.7 Å². The third-order valence-electron chi connectivity index (χ3n) is 5.47. The fourth-order valence-electron chi connectivity index (χ4n) is 3.94. The predicted molar refractivity (Wildman–Crippen MR) is 116 cm³/mol. The molecule has 1 aliphatic heterocycles. The number of aliphatic hydroxyl groups excluding tert-OH is 1. The first-order valence-corrected chi connectivity index (χ1v) is 10.0. The van der Waals surface area contributed by atoms with E-state index in [2.05, 4.69) is 0 Å². The van der Waals surface area contributed by atoms with Gasteiger partial charge in [-0.05, 0) is 61.2 Å². The second kappa shape index (κ2) is 9.22. The van der Waals surface area contributed by atoms with Gasteiger partial charge in [0.1, 0.15) is 17.3 Å². The molecule has 7 heteroatoms. The number of hydrogen-bond acceptors (Lipinski definition) is 6. The molecule has 1 unspecified atom stereocenters. The number of rotatable bonds is 7. The van der Waals surface area contributed by atoms with Crippen molar-refractivity contribution in [3.8, 4) is 11.5 Å². The average Bonchev–Trinajstić information content (AvgIpc) is 2.99. The monoisotopic (exact) mass is 425 g/mol. The van der Waals surface area contributed by atoms with Crippen LogP contribution < -0.4 is 4.74 Å². The standard InChI is InChI=1S/C24H27NO6/c1-14-12-19(31-4)15(2)11-18(14)22(27)20-21(16-7-5-8-17(26)13-16)25(9-6-10-30-3)24(29)23(20)28/h5,7-8,11-13,21,26-27H,6,9-10H2,1-4H3/b22-20+. The van der Waals surface area contributed by atoms with Crippen LogP contribution in [0.25, 0.3) is 5.76 Å². The number of benzene rings is 2. The van der Waals surface area contributed by atoms with Crippen molar-refractivity contribution < 1.29 is 29.3 Å². The smallest absolute Gasteiger partial charge is 0.295 e. The van der Waals surface area contributed by atoms with E-state index in [1.54, 1.807) is 45.4 Å². The van der Waals surface area contributed by atoms with Crippen LogP contribution in [0.3, 0.4) is 0 Å². The molecule has 0 aromatic heterocycles. The summed E-state index contributed by atoms with van der Waals surface area (Å²) in [5.41, 5.74) is 2.50. The summed E-state index contributed by atoms with van der Waals surface area (Å²) in [5, 5.41) is 21.2. The Morgan fingerprint density at radius 2 is 1.84 bits per heavy atom. The third kappa shape index (κ3) is 4.27. The number of phenols is 1. The van der Waals surface area contributed by atoms with Crippen LogP contribution in [0.15, 0.2) is 42.0 Å². The number of nitrogens with zero attached hydrogens (tertiary/aromatic N) is 1. The SMILES string of the molecule is COCCCN1C(=O)C(=O)/C(=C(/O)c2cc(C)c(OC)cc2C)C1c1cccc(O)c1. The first-order valence-electron chi connectivity index (χ1n) is 10.0. The third-order valence-corrected chi connectivity index (χ3v) is 5.47. The number of methoxy groups -OCH3 is 2. The summed E-state index contributed by atoms with van der Waals surface area (Å²) >= 11 is 0. The molecular formula is C24H27NO6. The zero-order valence-corrected chi connectivity index (χ0v) is 18.1. The molecule has 0 aliphatic carbocycles. The molecule has 7 nitrogen and oxygen atoms in total. The number of phenolic OH excluding ortho intramolecular Hbond substituents is 1. The van der Waals surface area contributed by atoms with E-state index in [9.17, 15) is 19.8 Å². The van der Waals surface area contributed by atoms with Crippen molar-refractivity contribution in [2.45, 2.75) is 26.3 Å². The molecule has 2 N–H and O–H groups in total. The van der Waals surface area contributed by atoms with Gasteiger partial charge in [-0.3, -0.25) is 9.59 Å². The Labute approximate surface area is 181 Å². The first kappa shape index (κ1) is 22.4. The first-order chi connectivity index (χ1) is 14.8. The molecule has 1 aliphatic rings. The van der Waals surface area contributed by atoms with Gasteiger partial charge in [0.25, 0.3) is 11.7 Å². The van der Waals surface area contributed by atoms with E-state index in [0.29, 0.717) is 35.5 Å². The highest BCUT2D eigenvalue weighted by molar-refractivity contribution is 6.46. The fraction of sp³-hybridized carbons (Fsp3) is 0.333. The number of aromatic hydroxyl groups is 1. The second-order valence-electron chi connectivity index (χ2n) is 7.57. The summed E-state index contributed by atoms with van der Waals surface area (Å²) in [6, 6.07) is 9.08. The average molecular weight is 425 g/mol. The molecule has 164 valence electrons. The topological polar surface area (TPSA) is 96.3 Å². The van der Waals surface area contributed by atoms with Gasteiger partial charge in [-0.1, -0.05) is 12.1 Å². The minimum atomic E-state index is -0.814. The number of Topliss-reactive ketones (excluding diaryl/α,β-unsaturated/α-hetero) is 1. The highest BCUT2D eigenvalue weighted by Gasteiger charge is 2.46. The number of carbonyl (C=O) groups excluding carboxylic acids is 2. The zero-order valence-electron chi connectivity index (χ0n) is 18.1. The molecule has 2 aromatic carbocycles. The minimum absolute atomic E-state index is 0.000633. The van der Waals surface area contributed by atoms with E-state index in [-0.39, 0.29) is 23.6 Å². The maximum absolute atomic E-state index is 13.0. The van der Waals surface area contributed by atoms with Crippen molar-refractivity contribution in [1.82, 2.24) is 4.90 Å². The number of amides is 1. The molecule has 1 atom stereocenters. The van der Waals surface area contributed by atoms with Gasteiger partial charge in [0.15, 0.2) is 0 Å². The number of carbonyl (C=O) groups is 2. The maximum atomic E-state index is 13.0. The zero-order chi connectivity index (χ0) is 22.7. The van der Waals surface area contributed by atoms with Crippen LogP contribution in [0.5, 0.6) is 11.5 Å². The molecule has 0 saturated carbocycles. The van der Waals surface area contributed by atoms with Crippen molar-refractivity contribution >= 4 is 17.4 Å². The van der Waals surface area contributed by atoms with Crippen molar-refractivity contribution in [2.24, 2.45) is 0 Å². The summed E-state index contributed by atoms with van der Waals surface area (Å²) in [6.45, 7) is 4.34. The molecule has 3 rings (SSSR count). The van der Waals surface area contributed by atoms with Gasteiger partial charge in [0.2, 0.25) is 0 Å². The van der Waals surface area contributed by atoms with E-state index < -0.39 is 17.7 Å². The van der Waals surface area contributed by atoms with Gasteiger partial charge in [-0.2, -0.15) is 0 Å². The van der Waals surface area contributed by atoms with Crippen LogP contribution in [-0.4, -0.2) is 54.2 Å². The van der Waals surface area contributed by atoms with Gasteiger partial charge in [-0.25, -0.2) is 0 Å². The van der Waals surface area contributed by atoms with Gasteiger partial charge >= 0.3 is 0 Å². The van der Waals surface area contributed by atoms with Crippen LogP contribution >= 0.6 is 0 Å². The van der Waals surface area contributed by atoms with E-state index in [0.717, 1.165) is 5.56 Å². The Morgan fingerprint density at radius 3 is 2.48 bits per heavy atom. The second-order valence-corrected chi connectivity index (χ2v) is 7.57. The van der Waals surface area contributed by atoms with Gasteiger partial charge in [0.05, 0.1) is 18.7 Å². The van der Waals surface area contributed by atoms with Crippen molar-refractivity contribution in [3.05, 3.63) is 64.2 Å². The van der Waals surface area contributed by atoms with Gasteiger partial charge in [-0.15, -0.1) is 0 Å². The molecule has 0 radical (unpaired) electrons. The number of aliphatic hydroxyl groups is 1. The van der Waals surface area contributed by atoms with Gasteiger partial charge in [0, 0.05) is 25.8 Å². The van der Waals surface area contributed by atoms with E-state index >= 15 is 0 Å². The number of ketones is 1. The molecular weight excluding hydrogens is 398 g/mol. The minimum Gasteiger partial charge on any atom is -0.508 e. The number of hydrogen-bond donors (Lipinski definition) is 2. The maximum Gasteiger partial charge on any atom is 0.295 e. The van der Waals surface area contributed by atoms with Crippen molar-refractivity contribution in [1.29, 1.82) is 0 Å². The Bertz CT molecular complexity index is 1040. The Hall–Kier alpha value is -3.32. The quantitative estimate of drug-likeness (QED) is 0.305. The van der Waals surface area contributed by atoms with Crippen LogP contribution in [0.4, 0.5) is 0 Å². The number of aryl methyl sites for hydroxylation is 2. The molecule has 2 aromatic rings. The largest absolute Gasteiger partial charge is 0.508 e. The van der Waals surface area contributed by atoms with Crippen LogP contribution in [0, 0.1) is 13.8 Å². The summed E-state index contributed by atoms with van der Waals surface area (Å²) in [7, 11) is 3.13. The summed E-state index contributed by atoms with van der Waals surface area (Å²) in [4.78, 5) is 27.3. The molecule has 1 heterocycles. The van der Waals surface area contributed by atoms with E-state index in [1.807, 2.05) is 6.92 Å². The van der Waals surface area contributed by atoms with Gasteiger partial charge < -0.3 is 24.6 Å². The lowest BCUT2D eigenvalue weighted by Crippen LogP contribution is -2.31. The molecule has 0 spiro atoms. The highest BCUT2D eigenvalue weighted by atomic mass is 16.5. The normalized spacial score (nSPS) is 17.9. The van der Waals surface area contributed by atoms with Crippen molar-refractivity contribution in [3.63, 3.8) is 0 Å². The number of ether oxygens (including phenoxy) is 2. The lowest BCUT2D eigenvalue weighted by atomic mass is 9.93. The number of likely N-dealkylation sites (tertiary alicyclic amines) is 1. The van der Waals surface area contributed by atoms with Crippen molar-refractivity contribution in [2.75, 3.05) is 27.4 Å². The fourth-order valence-corrected chi connectivity index (χ4v) is 3.94. The Balaban J connectivity index is 2.18. The molecule has 0 bridgehead atoms. The van der Waals surface area contributed by atoms with Crippen LogP contribution in [-0.2, 0) is 14.3 Å². The molecule has 31 heavy (non-hydrogen) atoms. The van der Waals surface area contributed by atoms with Crippen LogP contribution in [0.2, 0.25) is 0 Å². The lowest BCUT2D eigenvalue weighted by molar-refractivity contribution is -0.140. The van der Waals surface area contributed by atoms with E-state index in [4.69, 9.17) is 9.47 Å². The predicted octanol–water partition coefficient (Wildman–Crippen LogP) is 3.48.